The summed E-state index contributed by atoms with van der Waals surface area (Å²) in [6, 6.07) is 7.11. The smallest absolute Gasteiger partial charge is 0.326 e. The van der Waals surface area contributed by atoms with Crippen molar-refractivity contribution in [3.8, 4) is 0 Å². The molecule has 0 radical (unpaired) electrons. The normalized spacial score (nSPS) is 12.1. The van der Waals surface area contributed by atoms with E-state index in [1.807, 2.05) is 31.2 Å². The predicted molar refractivity (Wildman–Crippen MR) is 75.2 cm³/mol. The molecule has 0 aliphatic rings. The number of aliphatic carboxylic acids is 1. The first-order chi connectivity index (χ1) is 9.06. The van der Waals surface area contributed by atoms with E-state index in [2.05, 4.69) is 10.3 Å². The zero-order valence-corrected chi connectivity index (χ0v) is 11.3. The standard InChI is InChI=1S/C13H15N3O2S/c1-8-2-4-9(5-3-8)6-15-13-16-10(7-19-13)11(14)12(17)18/h2-5,7,11H,6,14H2,1H3,(H,15,16)(H,17,18). The molecule has 0 bridgehead atoms. The first kappa shape index (κ1) is 13.5. The van der Waals surface area contributed by atoms with Gasteiger partial charge in [0.15, 0.2) is 5.13 Å². The summed E-state index contributed by atoms with van der Waals surface area (Å²) >= 11 is 1.35. The molecule has 19 heavy (non-hydrogen) atoms. The number of hydrogen-bond donors (Lipinski definition) is 3. The average Bonchev–Trinajstić information content (AvgIpc) is 2.86. The molecule has 2 aromatic rings. The Bertz CT molecular complexity index is 566. The van der Waals surface area contributed by atoms with Gasteiger partial charge in [0.1, 0.15) is 6.04 Å². The first-order valence-corrected chi connectivity index (χ1v) is 6.67. The number of carboxylic acids is 1. The van der Waals surface area contributed by atoms with E-state index in [1.54, 1.807) is 5.38 Å². The Kier molecular flexibility index (Phi) is 4.13. The Morgan fingerprint density at radius 1 is 1.47 bits per heavy atom. The topological polar surface area (TPSA) is 88.2 Å². The van der Waals surface area contributed by atoms with Gasteiger partial charge in [0.05, 0.1) is 5.69 Å². The summed E-state index contributed by atoms with van der Waals surface area (Å²) in [5.74, 6) is -1.07. The van der Waals surface area contributed by atoms with Crippen LogP contribution < -0.4 is 11.1 Å². The SMILES string of the molecule is Cc1ccc(CNc2nc(C(N)C(=O)O)cs2)cc1. The molecule has 1 unspecified atom stereocenters. The van der Waals surface area contributed by atoms with Gasteiger partial charge in [-0.3, -0.25) is 4.79 Å². The van der Waals surface area contributed by atoms with Crippen LogP contribution >= 0.6 is 11.3 Å². The molecule has 1 aromatic heterocycles. The summed E-state index contributed by atoms with van der Waals surface area (Å²) in [5.41, 5.74) is 8.23. The van der Waals surface area contributed by atoms with Crippen LogP contribution in [0.1, 0.15) is 22.9 Å². The number of carboxylic acid groups (broad SMARTS) is 1. The van der Waals surface area contributed by atoms with Crippen LogP contribution in [-0.4, -0.2) is 16.1 Å². The van der Waals surface area contributed by atoms with Crippen LogP contribution in [-0.2, 0) is 11.3 Å². The fraction of sp³-hybridized carbons (Fsp3) is 0.231. The van der Waals surface area contributed by atoms with E-state index in [0.29, 0.717) is 17.4 Å². The lowest BCUT2D eigenvalue weighted by Crippen LogP contribution is -2.20. The number of anilines is 1. The van der Waals surface area contributed by atoms with E-state index in [4.69, 9.17) is 10.8 Å². The van der Waals surface area contributed by atoms with Crippen molar-refractivity contribution in [3.63, 3.8) is 0 Å². The maximum absolute atomic E-state index is 10.7. The number of carbonyl (C=O) groups is 1. The second-order valence-electron chi connectivity index (χ2n) is 4.23. The molecule has 6 heteroatoms. The fourth-order valence-electron chi connectivity index (χ4n) is 1.52. The van der Waals surface area contributed by atoms with E-state index in [-0.39, 0.29) is 0 Å². The zero-order chi connectivity index (χ0) is 13.8. The van der Waals surface area contributed by atoms with E-state index in [1.165, 1.54) is 16.9 Å². The van der Waals surface area contributed by atoms with Crippen molar-refractivity contribution in [2.24, 2.45) is 5.73 Å². The van der Waals surface area contributed by atoms with E-state index in [9.17, 15) is 4.79 Å². The Balaban J connectivity index is 1.97. The van der Waals surface area contributed by atoms with E-state index >= 15 is 0 Å². The lowest BCUT2D eigenvalue weighted by Gasteiger charge is -2.04. The summed E-state index contributed by atoms with van der Waals surface area (Å²) in [4.78, 5) is 14.9. The van der Waals surface area contributed by atoms with Gasteiger partial charge in [-0.15, -0.1) is 11.3 Å². The van der Waals surface area contributed by atoms with Crippen LogP contribution in [0.25, 0.3) is 0 Å². The van der Waals surface area contributed by atoms with Gasteiger partial charge in [-0.2, -0.15) is 0 Å². The average molecular weight is 277 g/mol. The summed E-state index contributed by atoms with van der Waals surface area (Å²) < 4.78 is 0. The van der Waals surface area contributed by atoms with Crippen molar-refractivity contribution in [3.05, 3.63) is 46.5 Å². The van der Waals surface area contributed by atoms with Crippen LogP contribution in [0.2, 0.25) is 0 Å². The Hall–Kier alpha value is -1.92. The third kappa shape index (κ3) is 3.52. The van der Waals surface area contributed by atoms with Gasteiger partial charge in [-0.1, -0.05) is 29.8 Å². The molecular weight excluding hydrogens is 262 g/mol. The Morgan fingerprint density at radius 2 is 2.16 bits per heavy atom. The third-order valence-electron chi connectivity index (χ3n) is 2.67. The minimum atomic E-state index is -1.07. The molecule has 1 atom stereocenters. The van der Waals surface area contributed by atoms with Crippen molar-refractivity contribution in [1.29, 1.82) is 0 Å². The number of rotatable bonds is 5. The number of hydrogen-bond acceptors (Lipinski definition) is 5. The highest BCUT2D eigenvalue weighted by Crippen LogP contribution is 2.20. The van der Waals surface area contributed by atoms with Crippen LogP contribution in [0.4, 0.5) is 5.13 Å². The maximum atomic E-state index is 10.7. The molecule has 0 spiro atoms. The molecule has 2 rings (SSSR count). The number of nitrogens with one attached hydrogen (secondary N) is 1. The molecule has 0 saturated heterocycles. The van der Waals surface area contributed by atoms with Crippen LogP contribution in [0.15, 0.2) is 29.6 Å². The van der Waals surface area contributed by atoms with Gasteiger partial charge in [-0.25, -0.2) is 4.98 Å². The van der Waals surface area contributed by atoms with Crippen LogP contribution in [0.5, 0.6) is 0 Å². The van der Waals surface area contributed by atoms with Gasteiger partial charge in [-0.05, 0) is 12.5 Å². The van der Waals surface area contributed by atoms with E-state index < -0.39 is 12.0 Å². The highest BCUT2D eigenvalue weighted by atomic mass is 32.1. The minimum absolute atomic E-state index is 0.379. The first-order valence-electron chi connectivity index (χ1n) is 5.79. The van der Waals surface area contributed by atoms with Crippen molar-refractivity contribution in [2.45, 2.75) is 19.5 Å². The highest BCUT2D eigenvalue weighted by molar-refractivity contribution is 7.13. The molecule has 0 fully saturated rings. The molecule has 0 aliphatic heterocycles. The lowest BCUT2D eigenvalue weighted by molar-refractivity contribution is -0.138. The molecule has 5 nitrogen and oxygen atoms in total. The molecular formula is C13H15N3O2S. The summed E-state index contributed by atoms with van der Waals surface area (Å²) in [5, 5.41) is 14.3. The molecule has 100 valence electrons. The quantitative estimate of drug-likeness (QED) is 0.779. The second-order valence-corrected chi connectivity index (χ2v) is 5.09. The molecule has 1 heterocycles. The fourth-order valence-corrected chi connectivity index (χ4v) is 2.27. The number of nitrogens with two attached hydrogens (primary N) is 1. The van der Waals surface area contributed by atoms with Gasteiger partial charge in [0.2, 0.25) is 0 Å². The monoisotopic (exact) mass is 277 g/mol. The summed E-state index contributed by atoms with van der Waals surface area (Å²) in [6.45, 7) is 2.69. The third-order valence-corrected chi connectivity index (χ3v) is 3.49. The van der Waals surface area contributed by atoms with Crippen molar-refractivity contribution in [1.82, 2.24) is 4.98 Å². The summed E-state index contributed by atoms with van der Waals surface area (Å²) in [6.07, 6.45) is 0. The summed E-state index contributed by atoms with van der Waals surface area (Å²) in [7, 11) is 0. The number of aryl methyl sites for hydroxylation is 1. The van der Waals surface area contributed by atoms with Crippen molar-refractivity contribution in [2.75, 3.05) is 5.32 Å². The number of benzene rings is 1. The Morgan fingerprint density at radius 3 is 2.79 bits per heavy atom. The van der Waals surface area contributed by atoms with Crippen molar-refractivity contribution >= 4 is 22.4 Å². The second kappa shape index (κ2) is 5.81. The Labute approximate surface area is 115 Å². The molecule has 0 amide bonds. The van der Waals surface area contributed by atoms with Gasteiger partial charge < -0.3 is 16.2 Å². The molecule has 4 N–H and O–H groups in total. The van der Waals surface area contributed by atoms with Gasteiger partial charge >= 0.3 is 5.97 Å². The van der Waals surface area contributed by atoms with Crippen LogP contribution in [0, 0.1) is 6.92 Å². The number of nitrogens with zero attached hydrogens (tertiary/aromatic N) is 1. The minimum Gasteiger partial charge on any atom is -0.480 e. The van der Waals surface area contributed by atoms with Crippen LogP contribution in [0.3, 0.4) is 0 Å². The zero-order valence-electron chi connectivity index (χ0n) is 10.5. The molecule has 0 aliphatic carbocycles. The number of aromatic nitrogens is 1. The van der Waals surface area contributed by atoms with Gasteiger partial charge in [0.25, 0.3) is 0 Å². The lowest BCUT2D eigenvalue weighted by atomic mass is 10.1. The molecule has 1 aromatic carbocycles. The maximum Gasteiger partial charge on any atom is 0.326 e. The highest BCUT2D eigenvalue weighted by Gasteiger charge is 2.17. The van der Waals surface area contributed by atoms with Crippen molar-refractivity contribution < 1.29 is 9.90 Å². The largest absolute Gasteiger partial charge is 0.480 e. The molecule has 0 saturated carbocycles. The predicted octanol–water partition coefficient (Wildman–Crippen LogP) is 2.15. The van der Waals surface area contributed by atoms with Gasteiger partial charge in [0, 0.05) is 11.9 Å². The van der Waals surface area contributed by atoms with E-state index in [0.717, 1.165) is 5.56 Å². The number of thiazole rings is 1.